The van der Waals surface area contributed by atoms with Gasteiger partial charge in [0.15, 0.2) is 0 Å². The predicted molar refractivity (Wildman–Crippen MR) is 160 cm³/mol. The first-order chi connectivity index (χ1) is 18.9. The Morgan fingerprint density at radius 2 is 1.75 bits per heavy atom. The number of carboxylic acid groups (broad SMARTS) is 1. The van der Waals surface area contributed by atoms with Crippen LogP contribution in [0.15, 0.2) is 36.5 Å². The Labute approximate surface area is 248 Å². The number of nitrogens with zero attached hydrogens (tertiary/aromatic N) is 4. The van der Waals surface area contributed by atoms with Gasteiger partial charge in [0, 0.05) is 50.4 Å². The van der Waals surface area contributed by atoms with Crippen LogP contribution in [-0.4, -0.2) is 91.7 Å². The highest BCUT2D eigenvalue weighted by molar-refractivity contribution is 8.00. The fourth-order valence-electron chi connectivity index (χ4n) is 3.82. The van der Waals surface area contributed by atoms with E-state index in [0.29, 0.717) is 25.4 Å². The average molecular weight is 610 g/mol. The van der Waals surface area contributed by atoms with Crippen molar-refractivity contribution in [1.29, 1.82) is 0 Å². The zero-order valence-corrected chi connectivity index (χ0v) is 25.5. The zero-order valence-electron chi connectivity index (χ0n) is 23.1. The largest absolute Gasteiger partial charge is 0.480 e. The summed E-state index contributed by atoms with van der Waals surface area (Å²) in [6, 6.07) is 10.0. The van der Waals surface area contributed by atoms with Crippen LogP contribution in [0.1, 0.15) is 31.9 Å². The lowest BCUT2D eigenvalue weighted by molar-refractivity contribution is -0.136. The van der Waals surface area contributed by atoms with Crippen molar-refractivity contribution in [2.24, 2.45) is 0 Å². The molecule has 1 aromatic heterocycles. The van der Waals surface area contributed by atoms with E-state index >= 15 is 0 Å². The minimum absolute atomic E-state index is 0.0606. The molecule has 2 aliphatic rings. The summed E-state index contributed by atoms with van der Waals surface area (Å²) in [4.78, 5) is 46.6. The number of hydrogen-bond acceptors (Lipinski definition) is 9. The first-order valence-corrected chi connectivity index (χ1v) is 15.4. The van der Waals surface area contributed by atoms with Gasteiger partial charge in [-0.05, 0) is 50.9 Å². The van der Waals surface area contributed by atoms with Crippen molar-refractivity contribution in [3.8, 4) is 0 Å². The molecule has 2 unspecified atom stereocenters. The standard InChI is InChI=1S/C17H19ClN4OS.C10H17NO4S/c1-12-2-4-13(5-3-12)10-20-16(23)14-11-22(8-9-24-14)15-6-7-19-17(18)21-15;1-10(2,3)15-9(14)11-4-5-16-7(6-11)8(12)13/h2-7,14H,8-11H2,1H3,(H,20,23);7H,4-6H2,1-3H3,(H,12,13). The van der Waals surface area contributed by atoms with E-state index in [1.54, 1.807) is 38.7 Å². The summed E-state index contributed by atoms with van der Waals surface area (Å²) >= 11 is 8.90. The van der Waals surface area contributed by atoms with Crippen molar-refractivity contribution in [2.75, 3.05) is 42.6 Å². The van der Waals surface area contributed by atoms with E-state index in [4.69, 9.17) is 21.4 Å². The lowest BCUT2D eigenvalue weighted by Gasteiger charge is -2.32. The van der Waals surface area contributed by atoms with Crippen molar-refractivity contribution in [3.05, 3.63) is 52.9 Å². The molecule has 2 atom stereocenters. The van der Waals surface area contributed by atoms with Crippen molar-refractivity contribution >= 4 is 58.9 Å². The Kier molecular flexibility index (Phi) is 11.8. The van der Waals surface area contributed by atoms with Gasteiger partial charge in [-0.1, -0.05) is 29.8 Å². The Balaban J connectivity index is 0.000000241. The molecule has 13 heteroatoms. The fraction of sp³-hybridized carbons (Fsp3) is 0.519. The van der Waals surface area contributed by atoms with Crippen LogP contribution in [0, 0.1) is 6.92 Å². The second kappa shape index (κ2) is 14.8. The first-order valence-electron chi connectivity index (χ1n) is 12.9. The summed E-state index contributed by atoms with van der Waals surface area (Å²) in [6.07, 6.45) is 1.21. The first kappa shape index (κ1) is 31.8. The minimum atomic E-state index is -0.877. The number of carbonyl (C=O) groups excluding carboxylic acids is 2. The van der Waals surface area contributed by atoms with Crippen molar-refractivity contribution in [3.63, 3.8) is 0 Å². The lowest BCUT2D eigenvalue weighted by atomic mass is 10.1. The molecule has 218 valence electrons. The highest BCUT2D eigenvalue weighted by Crippen LogP contribution is 2.24. The second-order valence-electron chi connectivity index (χ2n) is 10.3. The number of halogens is 1. The number of carboxylic acids is 1. The third-order valence-electron chi connectivity index (χ3n) is 5.88. The van der Waals surface area contributed by atoms with Gasteiger partial charge < -0.3 is 25.0 Å². The molecule has 2 saturated heterocycles. The number of aromatic nitrogens is 2. The summed E-state index contributed by atoms with van der Waals surface area (Å²) < 4.78 is 5.19. The maximum absolute atomic E-state index is 12.5. The van der Waals surface area contributed by atoms with Gasteiger partial charge in [-0.25, -0.2) is 14.8 Å². The van der Waals surface area contributed by atoms with Gasteiger partial charge >= 0.3 is 12.1 Å². The van der Waals surface area contributed by atoms with Crippen LogP contribution in [0.5, 0.6) is 0 Å². The lowest BCUT2D eigenvalue weighted by Crippen LogP contribution is -2.46. The second-order valence-corrected chi connectivity index (χ2v) is 13.3. The monoisotopic (exact) mass is 609 g/mol. The zero-order chi connectivity index (χ0) is 29.3. The van der Waals surface area contributed by atoms with Crippen LogP contribution in [-0.2, 0) is 20.9 Å². The van der Waals surface area contributed by atoms with Gasteiger partial charge in [0.1, 0.15) is 21.9 Å². The van der Waals surface area contributed by atoms with Crippen molar-refractivity contribution in [2.45, 2.75) is 50.3 Å². The van der Waals surface area contributed by atoms with E-state index in [-0.39, 0.29) is 23.0 Å². The maximum atomic E-state index is 12.5. The van der Waals surface area contributed by atoms with Gasteiger partial charge in [-0.15, -0.1) is 23.5 Å². The minimum Gasteiger partial charge on any atom is -0.480 e. The van der Waals surface area contributed by atoms with Crippen LogP contribution in [0.3, 0.4) is 0 Å². The van der Waals surface area contributed by atoms with E-state index in [1.807, 2.05) is 18.2 Å². The predicted octanol–water partition coefficient (Wildman–Crippen LogP) is 4.10. The molecule has 2 fully saturated rings. The third kappa shape index (κ3) is 10.4. The molecule has 0 bridgehead atoms. The molecular formula is C27H36ClN5O5S2. The Morgan fingerprint density at radius 1 is 1.07 bits per heavy atom. The Morgan fingerprint density at radius 3 is 2.40 bits per heavy atom. The summed E-state index contributed by atoms with van der Waals surface area (Å²) in [6.45, 7) is 10.2. The quantitative estimate of drug-likeness (QED) is 0.479. The highest BCUT2D eigenvalue weighted by Gasteiger charge is 2.31. The smallest absolute Gasteiger partial charge is 0.410 e. The van der Waals surface area contributed by atoms with Gasteiger partial charge in [0.25, 0.3) is 0 Å². The topological polar surface area (TPSA) is 125 Å². The summed E-state index contributed by atoms with van der Waals surface area (Å²) in [5, 5.41) is 11.5. The number of aryl methyl sites for hydroxylation is 1. The number of thioether (sulfide) groups is 2. The number of ether oxygens (including phenoxy) is 1. The normalized spacial score (nSPS) is 19.2. The molecule has 4 rings (SSSR count). The number of nitrogens with one attached hydrogen (secondary N) is 1. The molecule has 2 aromatic rings. The summed E-state index contributed by atoms with van der Waals surface area (Å²) in [5.74, 6) is 1.47. The number of amides is 2. The molecule has 1 aromatic carbocycles. The van der Waals surface area contributed by atoms with Crippen molar-refractivity contribution in [1.82, 2.24) is 20.2 Å². The van der Waals surface area contributed by atoms with E-state index in [0.717, 1.165) is 23.7 Å². The van der Waals surface area contributed by atoms with E-state index in [1.165, 1.54) is 22.2 Å². The molecule has 3 heterocycles. The molecule has 0 radical (unpaired) electrons. The van der Waals surface area contributed by atoms with Crippen LogP contribution >= 0.6 is 35.1 Å². The van der Waals surface area contributed by atoms with E-state index in [2.05, 4.69) is 39.2 Å². The molecule has 10 nitrogen and oxygen atoms in total. The number of carbonyl (C=O) groups is 3. The van der Waals surface area contributed by atoms with Gasteiger partial charge in [0.05, 0.1) is 0 Å². The molecule has 40 heavy (non-hydrogen) atoms. The van der Waals surface area contributed by atoms with Crippen LogP contribution in [0.25, 0.3) is 0 Å². The molecule has 2 aliphatic heterocycles. The average Bonchev–Trinajstić information content (AvgIpc) is 2.92. The van der Waals surface area contributed by atoms with Gasteiger partial charge in [-0.3, -0.25) is 9.59 Å². The van der Waals surface area contributed by atoms with Crippen molar-refractivity contribution < 1.29 is 24.2 Å². The number of anilines is 1. The Hall–Kier alpha value is -2.70. The highest BCUT2D eigenvalue weighted by atomic mass is 35.5. The Bertz CT molecular complexity index is 1160. The van der Waals surface area contributed by atoms with Gasteiger partial charge in [-0.2, -0.15) is 0 Å². The molecule has 2 amide bonds. The third-order valence-corrected chi connectivity index (χ3v) is 8.41. The number of rotatable bonds is 5. The van der Waals surface area contributed by atoms with E-state index < -0.39 is 22.9 Å². The summed E-state index contributed by atoms with van der Waals surface area (Å²) in [5.41, 5.74) is 1.78. The number of hydrogen-bond donors (Lipinski definition) is 2. The number of benzene rings is 1. The van der Waals surface area contributed by atoms with Crippen LogP contribution < -0.4 is 10.2 Å². The maximum Gasteiger partial charge on any atom is 0.410 e. The molecule has 0 spiro atoms. The molecule has 0 aliphatic carbocycles. The van der Waals surface area contributed by atoms with E-state index in [9.17, 15) is 14.4 Å². The van der Waals surface area contributed by atoms with Crippen LogP contribution in [0.2, 0.25) is 5.28 Å². The molecule has 0 saturated carbocycles. The van der Waals surface area contributed by atoms with Gasteiger partial charge in [0.2, 0.25) is 11.2 Å². The molecule has 2 N–H and O–H groups in total. The summed E-state index contributed by atoms with van der Waals surface area (Å²) in [7, 11) is 0. The van der Waals surface area contributed by atoms with Crippen LogP contribution in [0.4, 0.5) is 10.6 Å². The SMILES string of the molecule is CC(C)(C)OC(=O)N1CCSC(C(=O)O)C1.Cc1ccc(CNC(=O)C2CN(c3ccnc(Cl)n3)CCS2)cc1. The number of aliphatic carboxylic acids is 1. The molecular weight excluding hydrogens is 574 g/mol. The fourth-order valence-corrected chi connectivity index (χ4v) is 6.13.